The second kappa shape index (κ2) is 10.3. The predicted octanol–water partition coefficient (Wildman–Crippen LogP) is 5.60. The number of rotatable bonds is 8. The summed E-state index contributed by atoms with van der Waals surface area (Å²) >= 11 is 3.10. The zero-order valence-corrected chi connectivity index (χ0v) is 18.7. The first-order chi connectivity index (χ1) is 15.2. The monoisotopic (exact) mass is 446 g/mol. The highest BCUT2D eigenvalue weighted by Crippen LogP contribution is 2.27. The van der Waals surface area contributed by atoms with Crippen LogP contribution < -0.4 is 5.32 Å². The molecule has 1 heterocycles. The molecular formula is C24H22N4OS2. The van der Waals surface area contributed by atoms with Gasteiger partial charge in [0, 0.05) is 16.3 Å². The lowest BCUT2D eigenvalue weighted by atomic mass is 10.2. The van der Waals surface area contributed by atoms with Crippen LogP contribution in [0.4, 0.5) is 5.69 Å². The Kier molecular flexibility index (Phi) is 7.07. The summed E-state index contributed by atoms with van der Waals surface area (Å²) in [5, 5.41) is 12.5. The molecule has 0 radical (unpaired) electrons. The van der Waals surface area contributed by atoms with Gasteiger partial charge in [-0.25, -0.2) is 0 Å². The average Bonchev–Trinajstić information content (AvgIpc) is 3.22. The van der Waals surface area contributed by atoms with Crippen LogP contribution in [0.5, 0.6) is 0 Å². The Morgan fingerprint density at radius 3 is 2.29 bits per heavy atom. The van der Waals surface area contributed by atoms with Crippen LogP contribution in [-0.4, -0.2) is 26.4 Å². The second-order valence-corrected chi connectivity index (χ2v) is 8.81. The van der Waals surface area contributed by atoms with E-state index in [0.29, 0.717) is 10.9 Å². The molecule has 0 bridgehead atoms. The van der Waals surface area contributed by atoms with Gasteiger partial charge in [0.1, 0.15) is 5.82 Å². The number of nitrogens with one attached hydrogen (secondary N) is 1. The lowest BCUT2D eigenvalue weighted by molar-refractivity contribution is -0.113. The number of carbonyl (C=O) groups is 1. The molecule has 156 valence electrons. The summed E-state index contributed by atoms with van der Waals surface area (Å²) in [5.74, 6) is 1.72. The van der Waals surface area contributed by atoms with Crippen molar-refractivity contribution in [2.45, 2.75) is 22.7 Å². The maximum atomic E-state index is 12.5. The van der Waals surface area contributed by atoms with E-state index in [0.717, 1.165) is 22.8 Å². The van der Waals surface area contributed by atoms with Crippen molar-refractivity contribution in [2.75, 3.05) is 11.1 Å². The SMILES string of the molecule is Cc1ccccc1NC(=O)CSc1nnc(CSc2ccccc2)n1-c1ccccc1. The van der Waals surface area contributed by atoms with Crippen LogP contribution in [0.1, 0.15) is 11.4 Å². The second-order valence-electron chi connectivity index (χ2n) is 6.82. The number of para-hydroxylation sites is 2. The van der Waals surface area contributed by atoms with Crippen LogP contribution in [0.2, 0.25) is 0 Å². The zero-order valence-electron chi connectivity index (χ0n) is 17.1. The number of aryl methyl sites for hydroxylation is 1. The molecule has 0 saturated carbocycles. The number of benzene rings is 3. The summed E-state index contributed by atoms with van der Waals surface area (Å²) in [6, 6.07) is 28.0. The predicted molar refractivity (Wildman–Crippen MR) is 128 cm³/mol. The van der Waals surface area contributed by atoms with E-state index < -0.39 is 0 Å². The van der Waals surface area contributed by atoms with Crippen molar-refractivity contribution in [3.05, 3.63) is 96.3 Å². The molecule has 0 unspecified atom stereocenters. The number of anilines is 1. The molecule has 0 aliphatic rings. The summed E-state index contributed by atoms with van der Waals surface area (Å²) in [4.78, 5) is 13.7. The maximum Gasteiger partial charge on any atom is 0.234 e. The number of aromatic nitrogens is 3. The molecule has 1 amide bonds. The third kappa shape index (κ3) is 5.57. The van der Waals surface area contributed by atoms with Crippen molar-refractivity contribution in [3.8, 4) is 5.69 Å². The highest BCUT2D eigenvalue weighted by Gasteiger charge is 2.16. The number of hydrogen-bond donors (Lipinski definition) is 1. The van der Waals surface area contributed by atoms with E-state index in [9.17, 15) is 4.79 Å². The summed E-state index contributed by atoms with van der Waals surface area (Å²) in [6.45, 7) is 1.98. The fourth-order valence-corrected chi connectivity index (χ4v) is 4.62. The molecule has 0 atom stereocenters. The van der Waals surface area contributed by atoms with Crippen molar-refractivity contribution in [1.82, 2.24) is 14.8 Å². The van der Waals surface area contributed by atoms with Crippen LogP contribution in [0, 0.1) is 6.92 Å². The largest absolute Gasteiger partial charge is 0.325 e. The van der Waals surface area contributed by atoms with Crippen molar-refractivity contribution >= 4 is 35.1 Å². The van der Waals surface area contributed by atoms with Crippen LogP contribution >= 0.6 is 23.5 Å². The van der Waals surface area contributed by atoms with Crippen molar-refractivity contribution in [3.63, 3.8) is 0 Å². The van der Waals surface area contributed by atoms with Gasteiger partial charge in [-0.05, 0) is 42.8 Å². The first-order valence-corrected chi connectivity index (χ1v) is 11.8. The Labute approximate surface area is 190 Å². The van der Waals surface area contributed by atoms with Gasteiger partial charge < -0.3 is 5.32 Å². The Morgan fingerprint density at radius 1 is 0.871 bits per heavy atom. The molecule has 0 saturated heterocycles. The van der Waals surface area contributed by atoms with Gasteiger partial charge in [0.15, 0.2) is 5.16 Å². The Bertz CT molecular complexity index is 1150. The number of carbonyl (C=O) groups excluding carboxylic acids is 1. The highest BCUT2D eigenvalue weighted by atomic mass is 32.2. The van der Waals surface area contributed by atoms with E-state index in [-0.39, 0.29) is 11.7 Å². The third-order valence-electron chi connectivity index (χ3n) is 4.58. The third-order valence-corrected chi connectivity index (χ3v) is 6.51. The van der Waals surface area contributed by atoms with E-state index in [4.69, 9.17) is 0 Å². The quantitative estimate of drug-likeness (QED) is 0.357. The zero-order chi connectivity index (χ0) is 21.5. The molecule has 0 fully saturated rings. The average molecular weight is 447 g/mol. The number of nitrogens with zero attached hydrogens (tertiary/aromatic N) is 3. The summed E-state index contributed by atoms with van der Waals surface area (Å²) < 4.78 is 2.03. The van der Waals surface area contributed by atoms with Gasteiger partial charge in [-0.3, -0.25) is 9.36 Å². The van der Waals surface area contributed by atoms with Crippen molar-refractivity contribution in [1.29, 1.82) is 0 Å². The molecule has 4 aromatic rings. The standard InChI is InChI=1S/C24H22N4OS2/c1-18-10-8-9-15-21(18)25-23(29)17-31-24-27-26-22(16-30-20-13-6-3-7-14-20)28(24)19-11-4-2-5-12-19/h2-15H,16-17H2,1H3,(H,25,29). The van der Waals surface area contributed by atoms with Gasteiger partial charge in [-0.1, -0.05) is 66.4 Å². The molecule has 5 nitrogen and oxygen atoms in total. The van der Waals surface area contributed by atoms with Crippen LogP contribution in [0.25, 0.3) is 5.69 Å². The van der Waals surface area contributed by atoms with E-state index >= 15 is 0 Å². The Hall–Kier alpha value is -3.03. The molecule has 0 aliphatic heterocycles. The van der Waals surface area contributed by atoms with E-state index in [1.807, 2.05) is 84.3 Å². The smallest absolute Gasteiger partial charge is 0.234 e. The first kappa shape index (κ1) is 21.2. The van der Waals surface area contributed by atoms with E-state index in [1.165, 1.54) is 16.7 Å². The lowest BCUT2D eigenvalue weighted by Crippen LogP contribution is -2.15. The van der Waals surface area contributed by atoms with Gasteiger partial charge in [0.05, 0.1) is 11.5 Å². The first-order valence-electron chi connectivity index (χ1n) is 9.86. The molecule has 1 aromatic heterocycles. The fourth-order valence-electron chi connectivity index (χ4n) is 3.02. The minimum Gasteiger partial charge on any atom is -0.325 e. The van der Waals surface area contributed by atoms with Gasteiger partial charge >= 0.3 is 0 Å². The van der Waals surface area contributed by atoms with Gasteiger partial charge in [-0.2, -0.15) is 0 Å². The normalized spacial score (nSPS) is 10.7. The molecule has 1 N–H and O–H groups in total. The molecule has 0 aliphatic carbocycles. The van der Waals surface area contributed by atoms with Crippen molar-refractivity contribution in [2.24, 2.45) is 0 Å². The Balaban J connectivity index is 1.49. The highest BCUT2D eigenvalue weighted by molar-refractivity contribution is 7.99. The Morgan fingerprint density at radius 2 is 1.55 bits per heavy atom. The minimum absolute atomic E-state index is 0.0675. The number of amides is 1. The van der Waals surface area contributed by atoms with Crippen LogP contribution in [-0.2, 0) is 10.5 Å². The molecule has 7 heteroatoms. The topological polar surface area (TPSA) is 59.8 Å². The maximum absolute atomic E-state index is 12.5. The van der Waals surface area contributed by atoms with E-state index in [1.54, 1.807) is 11.8 Å². The van der Waals surface area contributed by atoms with Gasteiger partial charge in [0.25, 0.3) is 0 Å². The summed E-state index contributed by atoms with van der Waals surface area (Å²) in [5.41, 5.74) is 2.85. The molecule has 3 aromatic carbocycles. The number of hydrogen-bond acceptors (Lipinski definition) is 5. The lowest BCUT2D eigenvalue weighted by Gasteiger charge is -2.11. The molecule has 0 spiro atoms. The summed E-state index contributed by atoms with van der Waals surface area (Å²) in [6.07, 6.45) is 0. The van der Waals surface area contributed by atoms with Crippen molar-refractivity contribution < 1.29 is 4.79 Å². The van der Waals surface area contributed by atoms with Crippen LogP contribution in [0.3, 0.4) is 0 Å². The van der Waals surface area contributed by atoms with Gasteiger partial charge in [0.2, 0.25) is 5.91 Å². The summed E-state index contributed by atoms with van der Waals surface area (Å²) in [7, 11) is 0. The fraction of sp³-hybridized carbons (Fsp3) is 0.125. The molecule has 31 heavy (non-hydrogen) atoms. The van der Waals surface area contributed by atoms with Gasteiger partial charge in [-0.15, -0.1) is 22.0 Å². The van der Waals surface area contributed by atoms with Crippen LogP contribution in [0.15, 0.2) is 95.0 Å². The minimum atomic E-state index is -0.0675. The number of thioether (sulfide) groups is 2. The molecule has 4 rings (SSSR count). The molecular weight excluding hydrogens is 424 g/mol. The van der Waals surface area contributed by atoms with E-state index in [2.05, 4.69) is 27.6 Å².